The summed E-state index contributed by atoms with van der Waals surface area (Å²) >= 11 is 0. The fraction of sp³-hybridized carbons (Fsp3) is 0.438. The number of likely N-dealkylation sites (tertiary alicyclic amines) is 1. The highest BCUT2D eigenvalue weighted by atomic mass is 19.1. The van der Waals surface area contributed by atoms with Gasteiger partial charge in [-0.2, -0.15) is 0 Å². The minimum atomic E-state index is -0.278. The van der Waals surface area contributed by atoms with E-state index in [9.17, 15) is 4.39 Å². The van der Waals surface area contributed by atoms with E-state index in [1.165, 1.54) is 6.07 Å². The van der Waals surface area contributed by atoms with Crippen LogP contribution < -0.4 is 4.74 Å². The van der Waals surface area contributed by atoms with Gasteiger partial charge in [0.1, 0.15) is 6.10 Å². The Balaban J connectivity index is 1.44. The Morgan fingerprint density at radius 3 is 2.71 bits per heavy atom. The molecule has 5 heteroatoms. The number of rotatable bonds is 5. The lowest BCUT2D eigenvalue weighted by atomic mass is 10.1. The summed E-state index contributed by atoms with van der Waals surface area (Å²) in [5.41, 5.74) is 0. The lowest BCUT2D eigenvalue weighted by Crippen LogP contribution is -2.39. The molecule has 0 radical (unpaired) electrons. The number of hydrogen-bond acceptors (Lipinski definition) is 3. The van der Waals surface area contributed by atoms with Gasteiger partial charge in [0.05, 0.1) is 6.33 Å². The van der Waals surface area contributed by atoms with E-state index < -0.39 is 0 Å². The highest BCUT2D eigenvalue weighted by Gasteiger charge is 2.21. The quantitative estimate of drug-likeness (QED) is 0.847. The smallest absolute Gasteiger partial charge is 0.165 e. The van der Waals surface area contributed by atoms with Gasteiger partial charge in [-0.05, 0) is 25.0 Å². The van der Waals surface area contributed by atoms with Gasteiger partial charge >= 0.3 is 0 Å². The summed E-state index contributed by atoms with van der Waals surface area (Å²) in [6, 6.07) is 6.62. The first kappa shape index (κ1) is 14.1. The van der Waals surface area contributed by atoms with Crippen molar-refractivity contribution in [1.29, 1.82) is 0 Å². The molecule has 0 atom stereocenters. The maximum Gasteiger partial charge on any atom is 0.165 e. The predicted molar refractivity (Wildman–Crippen MR) is 78.7 cm³/mol. The number of halogens is 1. The Kier molecular flexibility index (Phi) is 4.50. The molecule has 1 aromatic heterocycles. The van der Waals surface area contributed by atoms with Crippen molar-refractivity contribution < 1.29 is 9.13 Å². The highest BCUT2D eigenvalue weighted by molar-refractivity contribution is 5.23. The molecular formula is C16H20FN3O. The Hall–Kier alpha value is -1.88. The molecule has 4 nitrogen and oxygen atoms in total. The zero-order valence-electron chi connectivity index (χ0n) is 12.0. The van der Waals surface area contributed by atoms with Gasteiger partial charge in [-0.3, -0.25) is 0 Å². The SMILES string of the molecule is Fc1ccccc1OC1CCN(CCn2ccnc2)CC1. The monoisotopic (exact) mass is 289 g/mol. The largest absolute Gasteiger partial charge is 0.487 e. The first-order valence-corrected chi connectivity index (χ1v) is 7.40. The summed E-state index contributed by atoms with van der Waals surface area (Å²) in [5, 5.41) is 0. The van der Waals surface area contributed by atoms with Gasteiger partial charge < -0.3 is 14.2 Å². The number of para-hydroxylation sites is 1. The fourth-order valence-electron chi connectivity index (χ4n) is 2.65. The van der Waals surface area contributed by atoms with Crippen LogP contribution in [-0.2, 0) is 6.54 Å². The first-order chi connectivity index (χ1) is 10.3. The zero-order chi connectivity index (χ0) is 14.5. The van der Waals surface area contributed by atoms with Crippen LogP contribution in [0.3, 0.4) is 0 Å². The molecule has 0 amide bonds. The molecule has 2 heterocycles. The van der Waals surface area contributed by atoms with Gasteiger partial charge in [0.25, 0.3) is 0 Å². The van der Waals surface area contributed by atoms with E-state index in [0.717, 1.165) is 39.0 Å². The third kappa shape index (κ3) is 3.82. The first-order valence-electron chi connectivity index (χ1n) is 7.40. The molecule has 1 fully saturated rings. The Labute approximate surface area is 124 Å². The third-order valence-corrected chi connectivity index (χ3v) is 3.90. The number of benzene rings is 1. The van der Waals surface area contributed by atoms with Gasteiger partial charge in [-0.1, -0.05) is 12.1 Å². The van der Waals surface area contributed by atoms with Gasteiger partial charge in [-0.25, -0.2) is 9.37 Å². The second kappa shape index (κ2) is 6.72. The predicted octanol–water partition coefficient (Wildman–Crippen LogP) is 2.57. The molecular weight excluding hydrogens is 269 g/mol. The molecule has 1 aromatic carbocycles. The highest BCUT2D eigenvalue weighted by Crippen LogP contribution is 2.21. The second-order valence-electron chi connectivity index (χ2n) is 5.39. The number of imidazole rings is 1. The van der Waals surface area contributed by atoms with E-state index in [1.807, 2.05) is 12.5 Å². The van der Waals surface area contributed by atoms with E-state index >= 15 is 0 Å². The molecule has 21 heavy (non-hydrogen) atoms. The van der Waals surface area contributed by atoms with E-state index in [-0.39, 0.29) is 11.9 Å². The normalized spacial score (nSPS) is 17.0. The van der Waals surface area contributed by atoms with Crippen molar-refractivity contribution in [2.45, 2.75) is 25.5 Å². The summed E-state index contributed by atoms with van der Waals surface area (Å²) in [7, 11) is 0. The van der Waals surface area contributed by atoms with Gasteiger partial charge in [0.2, 0.25) is 0 Å². The van der Waals surface area contributed by atoms with Crippen LogP contribution in [0.15, 0.2) is 43.0 Å². The van der Waals surface area contributed by atoms with Crippen LogP contribution >= 0.6 is 0 Å². The minimum Gasteiger partial charge on any atom is -0.487 e. The van der Waals surface area contributed by atoms with Crippen LogP contribution in [0.2, 0.25) is 0 Å². The third-order valence-electron chi connectivity index (χ3n) is 3.90. The number of piperidine rings is 1. The Bertz CT molecular complexity index is 550. The van der Waals surface area contributed by atoms with Crippen LogP contribution in [0.1, 0.15) is 12.8 Å². The molecule has 112 valence electrons. The van der Waals surface area contributed by atoms with Crippen LogP contribution in [0, 0.1) is 5.82 Å². The Morgan fingerprint density at radius 2 is 2.00 bits per heavy atom. The van der Waals surface area contributed by atoms with Crippen LogP contribution in [0.5, 0.6) is 5.75 Å². The minimum absolute atomic E-state index is 0.117. The molecule has 0 saturated carbocycles. The second-order valence-corrected chi connectivity index (χ2v) is 5.39. The summed E-state index contributed by atoms with van der Waals surface area (Å²) in [6.45, 7) is 3.96. The zero-order valence-corrected chi connectivity index (χ0v) is 12.0. The molecule has 2 aromatic rings. The Morgan fingerprint density at radius 1 is 1.19 bits per heavy atom. The summed E-state index contributed by atoms with van der Waals surface area (Å²) in [5.74, 6) is 0.0920. The van der Waals surface area contributed by atoms with Crippen molar-refractivity contribution in [3.8, 4) is 5.75 Å². The van der Waals surface area contributed by atoms with Crippen molar-refractivity contribution >= 4 is 0 Å². The van der Waals surface area contributed by atoms with Crippen LogP contribution in [-0.4, -0.2) is 40.2 Å². The number of hydrogen-bond donors (Lipinski definition) is 0. The van der Waals surface area contributed by atoms with Gasteiger partial charge in [0.15, 0.2) is 11.6 Å². The molecule has 0 unspecified atom stereocenters. The molecule has 0 N–H and O–H groups in total. The summed E-state index contributed by atoms with van der Waals surface area (Å²) < 4.78 is 21.4. The van der Waals surface area contributed by atoms with Crippen molar-refractivity contribution in [3.63, 3.8) is 0 Å². The van der Waals surface area contributed by atoms with E-state index in [4.69, 9.17) is 4.74 Å². The number of ether oxygens (including phenoxy) is 1. The molecule has 3 rings (SSSR count). The van der Waals surface area contributed by atoms with Crippen molar-refractivity contribution in [2.24, 2.45) is 0 Å². The van der Waals surface area contributed by atoms with Crippen LogP contribution in [0.25, 0.3) is 0 Å². The maximum absolute atomic E-state index is 13.6. The van der Waals surface area contributed by atoms with E-state index in [0.29, 0.717) is 5.75 Å². The standard InChI is InChI=1S/C16H20FN3O/c17-15-3-1-2-4-16(15)21-14-5-8-19(9-6-14)11-12-20-10-7-18-13-20/h1-4,7,10,13-14H,5-6,8-9,11-12H2. The van der Waals surface area contributed by atoms with Crippen molar-refractivity contribution in [2.75, 3.05) is 19.6 Å². The van der Waals surface area contributed by atoms with Gasteiger partial charge in [0, 0.05) is 38.6 Å². The average Bonchev–Trinajstić information content (AvgIpc) is 3.02. The number of nitrogens with zero attached hydrogens (tertiary/aromatic N) is 3. The van der Waals surface area contributed by atoms with Gasteiger partial charge in [-0.15, -0.1) is 0 Å². The molecule has 1 aliphatic rings. The molecule has 0 bridgehead atoms. The van der Waals surface area contributed by atoms with E-state index in [2.05, 4.69) is 14.5 Å². The molecule has 1 aliphatic heterocycles. The number of aromatic nitrogens is 2. The lowest BCUT2D eigenvalue weighted by molar-refractivity contribution is 0.0953. The van der Waals surface area contributed by atoms with E-state index in [1.54, 1.807) is 24.4 Å². The molecule has 1 saturated heterocycles. The van der Waals surface area contributed by atoms with Crippen molar-refractivity contribution in [3.05, 3.63) is 48.8 Å². The maximum atomic E-state index is 13.6. The van der Waals surface area contributed by atoms with Crippen LogP contribution in [0.4, 0.5) is 4.39 Å². The van der Waals surface area contributed by atoms with Crippen molar-refractivity contribution in [1.82, 2.24) is 14.5 Å². The average molecular weight is 289 g/mol. The lowest BCUT2D eigenvalue weighted by Gasteiger charge is -2.32. The fourth-order valence-corrected chi connectivity index (χ4v) is 2.65. The molecule has 0 aliphatic carbocycles. The topological polar surface area (TPSA) is 30.3 Å². The summed E-state index contributed by atoms with van der Waals surface area (Å²) in [6.07, 6.45) is 7.62. The molecule has 0 spiro atoms. The summed E-state index contributed by atoms with van der Waals surface area (Å²) in [4.78, 5) is 6.46.